The molecule has 1 aliphatic rings. The molecule has 1 atom stereocenters. The van der Waals surface area contributed by atoms with Crippen molar-refractivity contribution in [3.8, 4) is 17.2 Å². The monoisotopic (exact) mass is 492 g/mol. The van der Waals surface area contributed by atoms with Crippen LogP contribution in [0.5, 0.6) is 17.2 Å². The molecule has 2 aromatic rings. The molecular weight excluding hydrogens is 464 g/mol. The lowest BCUT2D eigenvalue weighted by molar-refractivity contribution is -0.123. The molecule has 1 N–H and O–H groups in total. The van der Waals surface area contributed by atoms with Crippen molar-refractivity contribution in [1.29, 1.82) is 0 Å². The topological polar surface area (TPSA) is 120 Å². The van der Waals surface area contributed by atoms with Crippen LogP contribution in [-0.2, 0) is 19.6 Å². The molecule has 3 rings (SSSR count). The number of ether oxygens (including phenoxy) is 4. The minimum Gasteiger partial charge on any atom is -0.495 e. The summed E-state index contributed by atoms with van der Waals surface area (Å²) < 4.78 is 48.7. The second-order valence-electron chi connectivity index (χ2n) is 7.35. The Morgan fingerprint density at radius 1 is 1.06 bits per heavy atom. The van der Waals surface area contributed by atoms with Gasteiger partial charge in [-0.2, -0.15) is 4.31 Å². The molecule has 0 saturated heterocycles. The van der Waals surface area contributed by atoms with Crippen molar-refractivity contribution in [3.63, 3.8) is 0 Å². The first-order valence-corrected chi connectivity index (χ1v) is 12.2. The molecule has 34 heavy (non-hydrogen) atoms. The van der Waals surface area contributed by atoms with Gasteiger partial charge < -0.3 is 24.3 Å². The molecular formula is C23H28N2O8S. The Morgan fingerprint density at radius 2 is 1.74 bits per heavy atom. The Morgan fingerprint density at radius 3 is 2.38 bits per heavy atom. The van der Waals surface area contributed by atoms with E-state index in [1.165, 1.54) is 36.5 Å². The summed E-state index contributed by atoms with van der Waals surface area (Å²) in [7, 11) is -2.55. The number of methoxy groups -OCH3 is 1. The average molecular weight is 493 g/mol. The molecule has 0 aliphatic carbocycles. The maximum atomic E-state index is 13.0. The van der Waals surface area contributed by atoms with Gasteiger partial charge in [-0.05, 0) is 37.3 Å². The predicted octanol–water partition coefficient (Wildman–Crippen LogP) is 2.68. The maximum absolute atomic E-state index is 13.0. The third kappa shape index (κ3) is 5.42. The van der Waals surface area contributed by atoms with E-state index in [0.29, 0.717) is 30.4 Å². The second-order valence-corrected chi connectivity index (χ2v) is 9.26. The molecule has 0 fully saturated rings. The van der Waals surface area contributed by atoms with E-state index >= 15 is 0 Å². The van der Waals surface area contributed by atoms with Crippen LogP contribution < -0.4 is 19.5 Å². The molecule has 184 valence electrons. The number of nitrogens with zero attached hydrogens (tertiary/aromatic N) is 1. The van der Waals surface area contributed by atoms with E-state index in [-0.39, 0.29) is 29.3 Å². The van der Waals surface area contributed by atoms with E-state index in [4.69, 9.17) is 18.9 Å². The Bertz CT molecular complexity index is 1160. The van der Waals surface area contributed by atoms with E-state index < -0.39 is 28.0 Å². The highest BCUT2D eigenvalue weighted by atomic mass is 32.2. The third-order valence-corrected chi connectivity index (χ3v) is 7.26. The van der Waals surface area contributed by atoms with Gasteiger partial charge in [-0.15, -0.1) is 0 Å². The largest absolute Gasteiger partial charge is 0.495 e. The first-order valence-electron chi connectivity index (χ1n) is 10.8. The number of rotatable bonds is 9. The number of carbonyl (C=O) groups excluding carboxylic acids is 2. The molecule has 11 heteroatoms. The number of carbonyl (C=O) groups is 2. The second kappa shape index (κ2) is 10.7. The van der Waals surface area contributed by atoms with Crippen molar-refractivity contribution in [2.24, 2.45) is 0 Å². The quantitative estimate of drug-likeness (QED) is 0.531. The van der Waals surface area contributed by atoms with Crippen molar-refractivity contribution in [3.05, 3.63) is 42.0 Å². The van der Waals surface area contributed by atoms with Gasteiger partial charge in [-0.1, -0.05) is 13.8 Å². The van der Waals surface area contributed by atoms with Gasteiger partial charge in [0, 0.05) is 24.8 Å². The van der Waals surface area contributed by atoms with E-state index in [0.717, 1.165) is 0 Å². The van der Waals surface area contributed by atoms with Gasteiger partial charge in [-0.25, -0.2) is 13.2 Å². The Hall–Kier alpha value is -3.31. The van der Waals surface area contributed by atoms with Gasteiger partial charge in [-0.3, -0.25) is 4.79 Å². The summed E-state index contributed by atoms with van der Waals surface area (Å²) in [5.41, 5.74) is 0.430. The lowest BCUT2D eigenvalue weighted by Crippen LogP contribution is -2.31. The molecule has 0 bridgehead atoms. The van der Waals surface area contributed by atoms with Gasteiger partial charge in [0.2, 0.25) is 10.0 Å². The van der Waals surface area contributed by atoms with Crippen molar-refractivity contribution in [2.45, 2.75) is 31.8 Å². The molecule has 1 amide bonds. The summed E-state index contributed by atoms with van der Waals surface area (Å²) in [6.07, 6.45) is -1.15. The van der Waals surface area contributed by atoms with E-state index in [1.807, 2.05) is 0 Å². The molecule has 0 radical (unpaired) electrons. The van der Waals surface area contributed by atoms with Crippen LogP contribution in [-0.4, -0.2) is 64.1 Å². The minimum atomic E-state index is -3.89. The zero-order valence-corrected chi connectivity index (χ0v) is 20.3. The summed E-state index contributed by atoms with van der Waals surface area (Å²) in [5.74, 6) is -0.210. The lowest BCUT2D eigenvalue weighted by atomic mass is 10.2. The highest BCUT2D eigenvalue weighted by Gasteiger charge is 2.28. The fourth-order valence-electron chi connectivity index (χ4n) is 3.35. The van der Waals surface area contributed by atoms with Crippen LogP contribution in [0.3, 0.4) is 0 Å². The molecule has 2 aromatic carbocycles. The Kier molecular flexibility index (Phi) is 8.00. The normalized spacial score (nSPS) is 13.8. The Labute approximate surface area is 198 Å². The SMILES string of the molecule is CCN(CC)S(=O)(=O)c1cc(C(=O)O[C@H](C)C(=O)Nc2ccc3c(c2)OCCO3)ccc1OC. The number of fused-ring (bicyclic) bond motifs is 1. The standard InChI is InChI=1S/C23H28N2O8S/c1-5-25(6-2)34(28,29)21-13-16(7-9-19(21)30-4)23(27)33-15(3)22(26)24-17-8-10-18-20(14-17)32-12-11-31-18/h7-10,13-15H,5-6,11-12H2,1-4H3,(H,24,26)/t15-/m1/s1. The summed E-state index contributed by atoms with van der Waals surface area (Å²) in [6.45, 7) is 6.23. The number of esters is 1. The van der Waals surface area contributed by atoms with Crippen LogP contribution >= 0.6 is 0 Å². The fraction of sp³-hybridized carbons (Fsp3) is 0.391. The molecule has 0 saturated carbocycles. The van der Waals surface area contributed by atoms with Gasteiger partial charge in [0.15, 0.2) is 17.6 Å². The molecule has 0 aromatic heterocycles. The zero-order chi connectivity index (χ0) is 24.9. The number of hydrogen-bond acceptors (Lipinski definition) is 8. The molecule has 1 aliphatic heterocycles. The maximum Gasteiger partial charge on any atom is 0.338 e. The highest BCUT2D eigenvalue weighted by Crippen LogP contribution is 2.33. The van der Waals surface area contributed by atoms with Crippen LogP contribution in [0.25, 0.3) is 0 Å². The summed E-state index contributed by atoms with van der Waals surface area (Å²) in [5, 5.41) is 2.66. The first kappa shape index (κ1) is 25.3. The number of hydrogen-bond donors (Lipinski definition) is 1. The van der Waals surface area contributed by atoms with Crippen LogP contribution in [0.1, 0.15) is 31.1 Å². The lowest BCUT2D eigenvalue weighted by Gasteiger charge is -2.21. The van der Waals surface area contributed by atoms with E-state index in [2.05, 4.69) is 5.32 Å². The van der Waals surface area contributed by atoms with Crippen molar-refractivity contribution in [1.82, 2.24) is 4.31 Å². The number of amides is 1. The summed E-state index contributed by atoms with van der Waals surface area (Å²) in [4.78, 5) is 25.1. The fourth-order valence-corrected chi connectivity index (χ4v) is 4.99. The third-order valence-electron chi connectivity index (χ3n) is 5.19. The van der Waals surface area contributed by atoms with Crippen molar-refractivity contribution < 1.29 is 37.0 Å². The highest BCUT2D eigenvalue weighted by molar-refractivity contribution is 7.89. The van der Waals surface area contributed by atoms with Crippen molar-refractivity contribution >= 4 is 27.6 Å². The number of benzene rings is 2. The minimum absolute atomic E-state index is 0.0227. The van der Waals surface area contributed by atoms with Gasteiger partial charge >= 0.3 is 5.97 Å². The number of sulfonamides is 1. The van der Waals surface area contributed by atoms with Crippen LogP contribution in [0.4, 0.5) is 5.69 Å². The predicted molar refractivity (Wildman–Crippen MR) is 124 cm³/mol. The van der Waals surface area contributed by atoms with Gasteiger partial charge in [0.05, 0.1) is 12.7 Å². The van der Waals surface area contributed by atoms with Gasteiger partial charge in [0.1, 0.15) is 23.9 Å². The molecule has 1 heterocycles. The van der Waals surface area contributed by atoms with Crippen LogP contribution in [0, 0.1) is 0 Å². The van der Waals surface area contributed by atoms with Gasteiger partial charge in [0.25, 0.3) is 5.91 Å². The summed E-state index contributed by atoms with van der Waals surface area (Å²) in [6, 6.07) is 8.90. The Balaban J connectivity index is 1.74. The molecule has 0 unspecified atom stereocenters. The van der Waals surface area contributed by atoms with Crippen LogP contribution in [0.2, 0.25) is 0 Å². The smallest absolute Gasteiger partial charge is 0.338 e. The summed E-state index contributed by atoms with van der Waals surface area (Å²) >= 11 is 0. The molecule has 0 spiro atoms. The van der Waals surface area contributed by atoms with E-state index in [1.54, 1.807) is 32.0 Å². The zero-order valence-electron chi connectivity index (χ0n) is 19.5. The van der Waals surface area contributed by atoms with E-state index in [9.17, 15) is 18.0 Å². The molecule has 10 nitrogen and oxygen atoms in total. The van der Waals surface area contributed by atoms with Crippen LogP contribution in [0.15, 0.2) is 41.3 Å². The first-order chi connectivity index (χ1) is 16.2. The number of nitrogens with one attached hydrogen (secondary N) is 1. The number of anilines is 1. The van der Waals surface area contributed by atoms with Crippen molar-refractivity contribution in [2.75, 3.05) is 38.7 Å². The average Bonchev–Trinajstić information content (AvgIpc) is 2.84.